The fraction of sp³-hybridized carbons (Fsp3) is 0.172. The summed E-state index contributed by atoms with van der Waals surface area (Å²) in [4.78, 5) is 28.4. The van der Waals surface area contributed by atoms with E-state index in [0.29, 0.717) is 22.7 Å². The number of ether oxygens (including phenoxy) is 1. The van der Waals surface area contributed by atoms with Crippen LogP contribution in [-0.2, 0) is 23.1 Å². The van der Waals surface area contributed by atoms with Gasteiger partial charge in [0.05, 0.1) is 11.6 Å². The van der Waals surface area contributed by atoms with E-state index in [1.165, 1.54) is 4.90 Å². The zero-order valence-corrected chi connectivity index (χ0v) is 20.5. The number of carbonyl (C=O) groups excluding carboxylic acids is 2. The molecule has 1 N–H and O–H groups in total. The third-order valence-corrected chi connectivity index (χ3v) is 7.16. The van der Waals surface area contributed by atoms with Gasteiger partial charge >= 0.3 is 0 Å². The van der Waals surface area contributed by atoms with E-state index in [1.807, 2.05) is 55.1 Å². The number of hydrogen-bond acceptors (Lipinski definition) is 4. The Kier molecular flexibility index (Phi) is 5.16. The van der Waals surface area contributed by atoms with Crippen LogP contribution in [0.2, 0.25) is 5.02 Å². The van der Waals surface area contributed by atoms with E-state index in [4.69, 9.17) is 16.3 Å². The maximum absolute atomic E-state index is 13.5. The first-order chi connectivity index (χ1) is 17.3. The first-order valence-corrected chi connectivity index (χ1v) is 12.1. The Bertz CT molecular complexity index is 1600. The van der Waals surface area contributed by atoms with Crippen molar-refractivity contribution in [2.75, 3.05) is 4.90 Å². The van der Waals surface area contributed by atoms with Crippen molar-refractivity contribution in [3.63, 3.8) is 0 Å². The molecule has 2 unspecified atom stereocenters. The molecule has 0 aliphatic carbocycles. The second-order valence-electron chi connectivity index (χ2n) is 9.32. The van der Waals surface area contributed by atoms with Gasteiger partial charge in [-0.1, -0.05) is 35.9 Å². The van der Waals surface area contributed by atoms with Crippen molar-refractivity contribution in [3.05, 3.63) is 100 Å². The van der Waals surface area contributed by atoms with Crippen molar-refractivity contribution < 1.29 is 19.4 Å². The minimum atomic E-state index is -0.835. The van der Waals surface area contributed by atoms with Crippen LogP contribution in [-0.4, -0.2) is 27.5 Å². The van der Waals surface area contributed by atoms with Gasteiger partial charge in [0.15, 0.2) is 0 Å². The molecule has 0 radical (unpaired) electrons. The van der Waals surface area contributed by atoms with E-state index in [9.17, 15) is 14.7 Å². The average molecular weight is 499 g/mol. The van der Waals surface area contributed by atoms with E-state index < -0.39 is 17.7 Å². The molecule has 1 aromatic heterocycles. The second kappa shape index (κ2) is 8.28. The second-order valence-corrected chi connectivity index (χ2v) is 9.75. The molecule has 0 bridgehead atoms. The summed E-state index contributed by atoms with van der Waals surface area (Å²) in [7, 11) is 1.92. The Morgan fingerprint density at radius 3 is 2.67 bits per heavy atom. The largest absolute Gasteiger partial charge is 0.507 e. The van der Waals surface area contributed by atoms with Crippen molar-refractivity contribution in [1.82, 2.24) is 4.57 Å². The smallest absolute Gasteiger partial charge is 0.300 e. The van der Waals surface area contributed by atoms with Crippen molar-refractivity contribution >= 4 is 45.6 Å². The van der Waals surface area contributed by atoms with Gasteiger partial charge in [-0.25, -0.2) is 0 Å². The maximum atomic E-state index is 13.5. The predicted molar refractivity (Wildman–Crippen MR) is 139 cm³/mol. The molecule has 4 aromatic rings. The topological polar surface area (TPSA) is 71.8 Å². The maximum Gasteiger partial charge on any atom is 0.300 e. The zero-order valence-electron chi connectivity index (χ0n) is 19.7. The number of ketones is 1. The Morgan fingerprint density at radius 2 is 1.86 bits per heavy atom. The van der Waals surface area contributed by atoms with Crippen LogP contribution in [0.4, 0.5) is 5.69 Å². The number of rotatable bonds is 3. The minimum absolute atomic E-state index is 0.0430. The number of carbonyl (C=O) groups is 2. The minimum Gasteiger partial charge on any atom is -0.507 e. The van der Waals surface area contributed by atoms with Crippen LogP contribution >= 0.6 is 11.6 Å². The van der Waals surface area contributed by atoms with Crippen LogP contribution in [0, 0.1) is 0 Å². The summed E-state index contributed by atoms with van der Waals surface area (Å²) in [5.41, 5.74) is 3.65. The molecule has 1 amide bonds. The van der Waals surface area contributed by atoms with Crippen LogP contribution in [0.1, 0.15) is 29.7 Å². The Morgan fingerprint density at radius 1 is 1.06 bits per heavy atom. The van der Waals surface area contributed by atoms with Gasteiger partial charge in [-0.3, -0.25) is 14.5 Å². The highest BCUT2D eigenvalue weighted by molar-refractivity contribution is 6.52. The third-order valence-electron chi connectivity index (χ3n) is 6.92. The standard InChI is InChI=1S/C29H23ClN2O4/c1-16-12-18-13-17(10-11-24(18)36-16)27(33)25-26(22-15-31(2)23-9-4-3-8-21(22)23)32(29(35)28(25)34)20-7-5-6-19(30)14-20/h3-11,13-16,26,33H,12H2,1-2H3/b27-25+. The molecule has 0 saturated carbocycles. The Hall–Kier alpha value is -4.03. The summed E-state index contributed by atoms with van der Waals surface area (Å²) >= 11 is 6.26. The van der Waals surface area contributed by atoms with E-state index >= 15 is 0 Å². The summed E-state index contributed by atoms with van der Waals surface area (Å²) < 4.78 is 7.75. The predicted octanol–water partition coefficient (Wildman–Crippen LogP) is 5.78. The number of hydrogen-bond donors (Lipinski definition) is 1. The molecule has 3 aromatic carbocycles. The summed E-state index contributed by atoms with van der Waals surface area (Å²) in [6.45, 7) is 1.98. The van der Waals surface area contributed by atoms with Gasteiger partial charge in [0, 0.05) is 52.4 Å². The fourth-order valence-corrected chi connectivity index (χ4v) is 5.52. The molecule has 3 heterocycles. The average Bonchev–Trinajstić information content (AvgIpc) is 3.49. The molecule has 6 rings (SSSR count). The number of halogens is 1. The van der Waals surface area contributed by atoms with E-state index in [2.05, 4.69) is 0 Å². The number of aryl methyl sites for hydroxylation is 1. The van der Waals surface area contributed by atoms with Crippen LogP contribution in [0.3, 0.4) is 0 Å². The van der Waals surface area contributed by atoms with Crippen molar-refractivity contribution in [1.29, 1.82) is 0 Å². The summed E-state index contributed by atoms with van der Waals surface area (Å²) in [5.74, 6) is -0.896. The van der Waals surface area contributed by atoms with Crippen LogP contribution in [0.15, 0.2) is 78.5 Å². The Balaban J connectivity index is 1.60. The highest BCUT2D eigenvalue weighted by atomic mass is 35.5. The lowest BCUT2D eigenvalue weighted by molar-refractivity contribution is -0.132. The number of aliphatic hydroxyl groups excluding tert-OH is 1. The molecular weight excluding hydrogens is 476 g/mol. The lowest BCUT2D eigenvalue weighted by atomic mass is 9.94. The van der Waals surface area contributed by atoms with Crippen molar-refractivity contribution in [3.8, 4) is 5.75 Å². The molecule has 7 heteroatoms. The van der Waals surface area contributed by atoms with E-state index in [0.717, 1.165) is 27.8 Å². The lowest BCUT2D eigenvalue weighted by Crippen LogP contribution is -2.29. The number of benzene rings is 3. The first kappa shape index (κ1) is 22.4. The van der Waals surface area contributed by atoms with Gasteiger partial charge in [-0.15, -0.1) is 0 Å². The number of aromatic nitrogens is 1. The molecule has 1 fully saturated rings. The van der Waals surface area contributed by atoms with Gasteiger partial charge in [0.2, 0.25) is 0 Å². The number of amides is 1. The first-order valence-electron chi connectivity index (χ1n) is 11.7. The molecule has 2 atom stereocenters. The van der Waals surface area contributed by atoms with Gasteiger partial charge in [0.1, 0.15) is 17.6 Å². The zero-order chi connectivity index (χ0) is 25.1. The number of Topliss-reactive ketones (excluding diaryl/α,β-unsaturated/α-hetero) is 1. The molecule has 0 spiro atoms. The van der Waals surface area contributed by atoms with Gasteiger partial charge < -0.3 is 14.4 Å². The molecule has 6 nitrogen and oxygen atoms in total. The highest BCUT2D eigenvalue weighted by Gasteiger charge is 2.48. The van der Waals surface area contributed by atoms with Crippen molar-refractivity contribution in [2.24, 2.45) is 7.05 Å². The quantitative estimate of drug-likeness (QED) is 0.221. The number of para-hydroxylation sites is 1. The van der Waals surface area contributed by atoms with Gasteiger partial charge in [-0.2, -0.15) is 0 Å². The molecule has 1 saturated heterocycles. The van der Waals surface area contributed by atoms with E-state index in [1.54, 1.807) is 36.4 Å². The van der Waals surface area contributed by atoms with Crippen LogP contribution < -0.4 is 9.64 Å². The third kappa shape index (κ3) is 3.40. The summed E-state index contributed by atoms with van der Waals surface area (Å²) in [6.07, 6.45) is 2.66. The fourth-order valence-electron chi connectivity index (χ4n) is 5.33. The van der Waals surface area contributed by atoms with Crippen LogP contribution in [0.5, 0.6) is 5.75 Å². The Labute approximate surface area is 213 Å². The molecule has 2 aliphatic heterocycles. The summed E-state index contributed by atoms with van der Waals surface area (Å²) in [6, 6.07) is 19.1. The summed E-state index contributed by atoms with van der Waals surface area (Å²) in [5, 5.41) is 12.9. The van der Waals surface area contributed by atoms with Crippen molar-refractivity contribution in [2.45, 2.75) is 25.5 Å². The monoisotopic (exact) mass is 498 g/mol. The SMILES string of the molecule is CC1Cc2cc(/C(O)=C3\C(=O)C(=O)N(c4cccc(Cl)c4)C3c3cn(C)c4ccccc34)ccc2O1. The number of nitrogens with zero attached hydrogens (tertiary/aromatic N) is 2. The molecule has 2 aliphatic rings. The normalized spacial score (nSPS) is 20.7. The van der Waals surface area contributed by atoms with Crippen LogP contribution in [0.25, 0.3) is 16.7 Å². The van der Waals surface area contributed by atoms with Gasteiger partial charge in [0.25, 0.3) is 11.7 Å². The molecule has 36 heavy (non-hydrogen) atoms. The number of aliphatic hydroxyl groups is 1. The molecule has 180 valence electrons. The number of anilines is 1. The molecular formula is C29H23ClN2O4. The van der Waals surface area contributed by atoms with E-state index in [-0.39, 0.29) is 17.4 Å². The highest BCUT2D eigenvalue weighted by Crippen LogP contribution is 2.45. The lowest BCUT2D eigenvalue weighted by Gasteiger charge is -2.25. The van der Waals surface area contributed by atoms with Gasteiger partial charge in [-0.05, 0) is 55.0 Å². The number of fused-ring (bicyclic) bond motifs is 2.